The molecule has 2 saturated heterocycles. The lowest BCUT2D eigenvalue weighted by molar-refractivity contribution is -0.143. The molecule has 2 aromatic carbocycles. The molecule has 10 rings (SSSR count). The first-order valence-electron chi connectivity index (χ1n) is 26.4. The molecule has 2 atom stereocenters. The lowest BCUT2D eigenvalue weighted by Crippen LogP contribution is -2.56. The van der Waals surface area contributed by atoms with Crippen molar-refractivity contribution in [2.24, 2.45) is 17.6 Å². The number of piperazine rings is 2. The molecule has 79 heavy (non-hydrogen) atoms. The van der Waals surface area contributed by atoms with Crippen LogP contribution < -0.4 is 20.9 Å². The maximum atomic E-state index is 13.6. The molecular weight excluding hydrogens is 1050 g/mol. The number of pyridine rings is 2. The van der Waals surface area contributed by atoms with Gasteiger partial charge in [-0.3, -0.25) is 19.6 Å². The second kappa shape index (κ2) is 25.6. The molecule has 3 N–H and O–H groups in total. The minimum Gasteiger partial charge on any atom is -0.457 e. The van der Waals surface area contributed by atoms with Gasteiger partial charge in [-0.15, -0.1) is 20.4 Å². The van der Waals surface area contributed by atoms with E-state index in [0.29, 0.717) is 58.2 Å². The van der Waals surface area contributed by atoms with Crippen LogP contribution in [0, 0.1) is 11.8 Å². The van der Waals surface area contributed by atoms with Crippen LogP contribution in [0.5, 0.6) is 0 Å². The Morgan fingerprint density at radius 2 is 1.01 bits per heavy atom. The van der Waals surface area contributed by atoms with Crippen molar-refractivity contribution >= 4 is 68.1 Å². The average Bonchev–Trinajstić information content (AvgIpc) is 3.65. The van der Waals surface area contributed by atoms with Gasteiger partial charge in [-0.25, -0.2) is 27.2 Å². The maximum absolute atomic E-state index is 13.6. The summed E-state index contributed by atoms with van der Waals surface area (Å²) in [5, 5.41) is 24.6. The second-order valence-electron chi connectivity index (χ2n) is 20.4. The number of halogens is 5. The number of benzene rings is 2. The number of nitrogens with zero attached hydrogens (tertiary/aromatic N) is 10. The molecule has 420 valence electrons. The lowest BCUT2D eigenvalue weighted by Gasteiger charge is -2.42. The number of nitrogens with two attached hydrogens (primary N) is 1. The van der Waals surface area contributed by atoms with Crippen LogP contribution in [0.4, 0.5) is 38.8 Å². The van der Waals surface area contributed by atoms with Gasteiger partial charge in [0.05, 0.1) is 14.2 Å². The fraction of sp³-hybridized carbons (Fsp3) is 0.464. The molecule has 4 aromatic heterocycles. The van der Waals surface area contributed by atoms with Crippen LogP contribution in [0.1, 0.15) is 76.3 Å². The van der Waals surface area contributed by atoms with Crippen LogP contribution in [-0.2, 0) is 32.2 Å². The topological polar surface area (TPSA) is 215 Å². The summed E-state index contributed by atoms with van der Waals surface area (Å²) in [4.78, 5) is 63.5. The SMILES string of the molecule is COC(=O)Cl.COC(=O)NCc1ccc(-c2nnc(N3CCN(C(=O)C4CCC(F)(F)CC4)[C@@H](C)C3)c3cnccc23)cc1.C[C@H]1CN(c2nnc(-c3ccc(CN)cc3)c3ccncc23)CCN1C(=O)C1CCC(F)(F)CC1. The van der Waals surface area contributed by atoms with E-state index >= 15 is 0 Å². The third-order valence-electron chi connectivity index (χ3n) is 15.1. The van der Waals surface area contributed by atoms with Gasteiger partial charge in [0.2, 0.25) is 23.7 Å². The fourth-order valence-corrected chi connectivity index (χ4v) is 10.7. The molecule has 2 saturated carbocycles. The number of anilines is 2. The van der Waals surface area contributed by atoms with Crippen molar-refractivity contribution < 1.29 is 46.2 Å². The number of carbonyl (C=O) groups excluding carboxylic acids is 4. The summed E-state index contributed by atoms with van der Waals surface area (Å²) in [6.45, 7) is 8.17. The highest BCUT2D eigenvalue weighted by atomic mass is 35.5. The number of rotatable bonds is 9. The Bertz CT molecular complexity index is 3090. The van der Waals surface area contributed by atoms with E-state index in [2.05, 4.69) is 66.6 Å². The van der Waals surface area contributed by atoms with Gasteiger partial charge < -0.3 is 40.1 Å². The van der Waals surface area contributed by atoms with Gasteiger partial charge in [0.25, 0.3) is 0 Å². The molecule has 6 aromatic rings. The molecule has 18 nitrogen and oxygen atoms in total. The van der Waals surface area contributed by atoms with Gasteiger partial charge in [-0.2, -0.15) is 0 Å². The number of nitrogens with one attached hydrogen (secondary N) is 1. The Balaban J connectivity index is 0.000000193. The Labute approximate surface area is 460 Å². The fourth-order valence-electron chi connectivity index (χ4n) is 10.7. The predicted octanol–water partition coefficient (Wildman–Crippen LogP) is 9.42. The number of aromatic nitrogens is 6. The normalized spacial score (nSPS) is 19.4. The number of fused-ring (bicyclic) bond motifs is 2. The van der Waals surface area contributed by atoms with Crippen LogP contribution in [-0.4, -0.2) is 141 Å². The zero-order valence-corrected chi connectivity index (χ0v) is 45.4. The maximum Gasteiger partial charge on any atom is 0.407 e. The number of amides is 3. The van der Waals surface area contributed by atoms with Crippen molar-refractivity contribution in [3.8, 4) is 22.5 Å². The van der Waals surface area contributed by atoms with Gasteiger partial charge >= 0.3 is 11.5 Å². The summed E-state index contributed by atoms with van der Waals surface area (Å²) in [6, 6.07) is 19.4. The van der Waals surface area contributed by atoms with E-state index in [1.54, 1.807) is 18.6 Å². The lowest BCUT2D eigenvalue weighted by atomic mass is 9.85. The highest BCUT2D eigenvalue weighted by molar-refractivity contribution is 6.61. The first-order chi connectivity index (χ1) is 37.9. The molecule has 6 heterocycles. The molecular formula is C56H65ClF4N12O6. The van der Waals surface area contributed by atoms with Gasteiger partial charge in [0.15, 0.2) is 11.6 Å². The molecule has 2 aliphatic heterocycles. The minimum atomic E-state index is -2.65. The van der Waals surface area contributed by atoms with E-state index in [-0.39, 0.29) is 87.1 Å². The van der Waals surface area contributed by atoms with Crippen molar-refractivity contribution in [2.45, 2.75) is 102 Å². The molecule has 3 amide bonds. The number of alkyl halides is 4. The molecule has 2 aliphatic carbocycles. The third-order valence-corrected chi connectivity index (χ3v) is 15.3. The standard InChI is InChI=1S/C28H32F2N6O3.C26H30F2N6O.C2H3ClO2/c1-18-17-35(13-14-36(18)26(37)21-7-10-28(29,30)11-8-21)25-23-16-31-12-9-22(23)24(33-34-25)20-5-3-19(4-6-20)15-32-27(38)39-2;1-17-16-33(12-13-34(17)25(35)20-6-9-26(27,28)10-7-20)24-22-15-30-11-8-21(22)23(31-32-24)19-4-2-18(14-29)3-5-19;1-5-2(3)4/h3-6,9,12,16,18,21H,7-8,10-11,13-15,17H2,1-2H3,(H,32,38);2-5,8,11,15,17,20H,6-7,9-10,12-14,16,29H2,1H3;1H3/t18-;17-;/m00./s1. The summed E-state index contributed by atoms with van der Waals surface area (Å²) >= 11 is 4.60. The van der Waals surface area contributed by atoms with Crippen LogP contribution in [0.2, 0.25) is 0 Å². The number of ether oxygens (including phenoxy) is 2. The highest BCUT2D eigenvalue weighted by Gasteiger charge is 2.42. The average molecular weight is 1110 g/mol. The summed E-state index contributed by atoms with van der Waals surface area (Å²) in [7, 11) is 2.54. The van der Waals surface area contributed by atoms with Gasteiger partial charge in [-0.05, 0) is 62.8 Å². The van der Waals surface area contributed by atoms with Gasteiger partial charge in [-0.1, -0.05) is 48.5 Å². The Morgan fingerprint density at radius 3 is 1.38 bits per heavy atom. The largest absolute Gasteiger partial charge is 0.457 e. The summed E-state index contributed by atoms with van der Waals surface area (Å²) in [5.74, 6) is -4.48. The van der Waals surface area contributed by atoms with Crippen molar-refractivity contribution in [2.75, 3.05) is 63.3 Å². The Morgan fingerprint density at radius 1 is 0.608 bits per heavy atom. The van der Waals surface area contributed by atoms with Crippen LogP contribution in [0.15, 0.2) is 85.5 Å². The molecule has 23 heteroatoms. The number of carbonyl (C=O) groups is 4. The van der Waals surface area contributed by atoms with E-state index < -0.39 is 23.4 Å². The molecule has 4 fully saturated rings. The Hall–Kier alpha value is -7.33. The number of methoxy groups -OCH3 is 2. The monoisotopic (exact) mass is 1110 g/mol. The van der Waals surface area contributed by atoms with Crippen molar-refractivity contribution in [3.05, 3.63) is 96.6 Å². The first kappa shape index (κ1) is 57.8. The van der Waals surface area contributed by atoms with E-state index in [9.17, 15) is 36.7 Å². The number of alkyl carbamates (subject to hydrolysis) is 1. The zero-order chi connectivity index (χ0) is 56.4. The smallest absolute Gasteiger partial charge is 0.407 e. The van der Waals surface area contributed by atoms with Crippen LogP contribution in [0.25, 0.3) is 44.1 Å². The molecule has 0 unspecified atom stereocenters. The van der Waals surface area contributed by atoms with Crippen LogP contribution >= 0.6 is 11.6 Å². The van der Waals surface area contributed by atoms with E-state index in [1.165, 1.54) is 14.2 Å². The van der Waals surface area contributed by atoms with Crippen molar-refractivity contribution in [1.82, 2.24) is 45.5 Å². The summed E-state index contributed by atoms with van der Waals surface area (Å²) < 4.78 is 62.7. The Kier molecular flexibility index (Phi) is 18.8. The second-order valence-corrected chi connectivity index (χ2v) is 20.7. The molecule has 0 spiro atoms. The highest BCUT2D eigenvalue weighted by Crippen LogP contribution is 2.40. The van der Waals surface area contributed by atoms with Gasteiger partial charge in [0.1, 0.15) is 11.4 Å². The molecule has 0 radical (unpaired) electrons. The molecule has 4 aliphatic rings. The van der Waals surface area contributed by atoms with Crippen LogP contribution in [0.3, 0.4) is 0 Å². The van der Waals surface area contributed by atoms with Crippen molar-refractivity contribution in [3.63, 3.8) is 0 Å². The van der Waals surface area contributed by atoms with E-state index in [0.717, 1.165) is 61.0 Å². The van der Waals surface area contributed by atoms with E-state index in [4.69, 9.17) is 5.73 Å². The summed E-state index contributed by atoms with van der Waals surface area (Å²) in [6.07, 6.45) is 6.73. The third kappa shape index (κ3) is 14.1. The van der Waals surface area contributed by atoms with E-state index in [1.807, 2.05) is 90.5 Å². The summed E-state index contributed by atoms with van der Waals surface area (Å²) in [5.41, 5.74) is 10.3. The number of hydrogen-bond acceptors (Lipinski definition) is 15. The van der Waals surface area contributed by atoms with Gasteiger partial charge in [0, 0.05) is 171 Å². The first-order valence-corrected chi connectivity index (χ1v) is 26.8. The predicted molar refractivity (Wildman–Crippen MR) is 292 cm³/mol. The number of hydrogen-bond donors (Lipinski definition) is 2. The quantitative estimate of drug-likeness (QED) is 0.102. The zero-order valence-electron chi connectivity index (χ0n) is 44.6. The van der Waals surface area contributed by atoms with Crippen molar-refractivity contribution in [1.29, 1.82) is 0 Å². The molecule has 0 bridgehead atoms. The minimum absolute atomic E-state index is 0.00142.